The molecule has 2 atom stereocenters. The van der Waals surface area contributed by atoms with Crippen LogP contribution in [0.2, 0.25) is 0 Å². The van der Waals surface area contributed by atoms with E-state index in [1.54, 1.807) is 23.2 Å². The predicted octanol–water partition coefficient (Wildman–Crippen LogP) is 2.72. The maximum atomic E-state index is 12.0. The SMILES string of the molecule is Cn1c(=O)n(C)c2cc(C(O)C3CC3(C)C)c(Br)cc21. The first-order valence-electron chi connectivity index (χ1n) is 6.77. The Kier molecular flexibility index (Phi) is 2.93. The molecule has 1 saturated carbocycles. The number of hydrogen-bond donors (Lipinski definition) is 1. The molecule has 1 aliphatic carbocycles. The van der Waals surface area contributed by atoms with E-state index in [0.717, 1.165) is 27.5 Å². The van der Waals surface area contributed by atoms with E-state index in [4.69, 9.17) is 0 Å². The number of aromatic nitrogens is 2. The largest absolute Gasteiger partial charge is 0.388 e. The topological polar surface area (TPSA) is 47.2 Å². The monoisotopic (exact) mass is 338 g/mol. The standard InChI is InChI=1S/C15H19BrN2O2/c1-15(2)7-9(15)13(19)8-5-11-12(6-10(8)16)18(4)14(20)17(11)3/h5-6,9,13,19H,7H2,1-4H3. The third kappa shape index (κ3) is 1.87. The number of aliphatic hydroxyl groups is 1. The highest BCUT2D eigenvalue weighted by atomic mass is 79.9. The van der Waals surface area contributed by atoms with Crippen molar-refractivity contribution in [2.75, 3.05) is 0 Å². The number of aliphatic hydroxyl groups excluding tert-OH is 1. The van der Waals surface area contributed by atoms with Crippen LogP contribution in [0.1, 0.15) is 31.9 Å². The van der Waals surface area contributed by atoms with Crippen LogP contribution in [-0.2, 0) is 14.1 Å². The lowest BCUT2D eigenvalue weighted by Gasteiger charge is -2.15. The van der Waals surface area contributed by atoms with Crippen LogP contribution in [0.5, 0.6) is 0 Å². The molecule has 0 bridgehead atoms. The molecule has 0 radical (unpaired) electrons. The van der Waals surface area contributed by atoms with Gasteiger partial charge in [0.2, 0.25) is 0 Å². The Morgan fingerprint density at radius 3 is 2.30 bits per heavy atom. The van der Waals surface area contributed by atoms with Crippen molar-refractivity contribution >= 4 is 27.0 Å². The molecule has 5 heteroatoms. The molecule has 20 heavy (non-hydrogen) atoms. The number of hydrogen-bond acceptors (Lipinski definition) is 2. The number of halogens is 1. The van der Waals surface area contributed by atoms with E-state index < -0.39 is 6.10 Å². The summed E-state index contributed by atoms with van der Waals surface area (Å²) in [6.07, 6.45) is 0.547. The van der Waals surface area contributed by atoms with Gasteiger partial charge in [0.15, 0.2) is 0 Å². The minimum absolute atomic E-state index is 0.0507. The van der Waals surface area contributed by atoms with Crippen LogP contribution in [0.3, 0.4) is 0 Å². The zero-order chi connectivity index (χ0) is 14.8. The van der Waals surface area contributed by atoms with E-state index >= 15 is 0 Å². The predicted molar refractivity (Wildman–Crippen MR) is 82.7 cm³/mol. The van der Waals surface area contributed by atoms with Crippen molar-refractivity contribution in [3.8, 4) is 0 Å². The smallest absolute Gasteiger partial charge is 0.328 e. The summed E-state index contributed by atoms with van der Waals surface area (Å²) < 4.78 is 4.11. The molecule has 0 saturated heterocycles. The lowest BCUT2D eigenvalue weighted by atomic mass is 9.99. The Bertz CT molecular complexity index is 757. The summed E-state index contributed by atoms with van der Waals surface area (Å²) >= 11 is 3.53. The fourth-order valence-corrected chi connectivity index (χ4v) is 3.59. The van der Waals surface area contributed by atoms with Crippen molar-refractivity contribution in [2.24, 2.45) is 25.4 Å². The summed E-state index contributed by atoms with van der Waals surface area (Å²) in [5.74, 6) is 0.289. The van der Waals surface area contributed by atoms with Gasteiger partial charge in [0.05, 0.1) is 17.1 Å². The number of rotatable bonds is 2. The summed E-state index contributed by atoms with van der Waals surface area (Å²) in [6, 6.07) is 3.85. The van der Waals surface area contributed by atoms with Gasteiger partial charge in [-0.3, -0.25) is 9.13 Å². The highest BCUT2D eigenvalue weighted by Gasteiger charge is 2.50. The van der Waals surface area contributed by atoms with Gasteiger partial charge in [-0.2, -0.15) is 0 Å². The average molecular weight is 339 g/mol. The first-order chi connectivity index (χ1) is 9.24. The summed E-state index contributed by atoms with van der Waals surface area (Å²) in [5, 5.41) is 10.6. The van der Waals surface area contributed by atoms with Gasteiger partial charge in [-0.25, -0.2) is 4.79 Å². The van der Waals surface area contributed by atoms with Gasteiger partial charge < -0.3 is 5.11 Å². The Morgan fingerprint density at radius 2 is 1.80 bits per heavy atom. The molecule has 3 rings (SSSR count). The fourth-order valence-electron chi connectivity index (χ4n) is 3.03. The number of aryl methyl sites for hydroxylation is 2. The number of imidazole rings is 1. The molecule has 0 amide bonds. The molecular weight excluding hydrogens is 320 g/mol. The van der Waals surface area contributed by atoms with E-state index in [2.05, 4.69) is 29.8 Å². The van der Waals surface area contributed by atoms with Crippen molar-refractivity contribution < 1.29 is 5.11 Å². The van der Waals surface area contributed by atoms with Crippen LogP contribution in [0.4, 0.5) is 0 Å². The average Bonchev–Trinajstić information content (AvgIpc) is 2.98. The van der Waals surface area contributed by atoms with Crippen LogP contribution in [0, 0.1) is 11.3 Å². The summed E-state index contributed by atoms with van der Waals surface area (Å²) in [5.41, 5.74) is 2.75. The molecular formula is C15H19BrN2O2. The molecule has 1 aliphatic rings. The minimum atomic E-state index is -0.487. The van der Waals surface area contributed by atoms with Crippen LogP contribution < -0.4 is 5.69 Å². The maximum Gasteiger partial charge on any atom is 0.328 e. The molecule has 108 valence electrons. The van der Waals surface area contributed by atoms with Gasteiger partial charge in [0.1, 0.15) is 0 Å². The lowest BCUT2D eigenvalue weighted by molar-refractivity contribution is 0.138. The van der Waals surface area contributed by atoms with Gasteiger partial charge in [-0.1, -0.05) is 29.8 Å². The lowest BCUT2D eigenvalue weighted by Crippen LogP contribution is -2.19. The molecule has 1 N–H and O–H groups in total. The molecule has 2 aromatic rings. The Labute approximate surface area is 126 Å². The van der Waals surface area contributed by atoms with E-state index in [0.29, 0.717) is 0 Å². The highest BCUT2D eigenvalue weighted by molar-refractivity contribution is 9.10. The van der Waals surface area contributed by atoms with Crippen molar-refractivity contribution in [3.05, 3.63) is 32.7 Å². The van der Waals surface area contributed by atoms with Crippen LogP contribution in [-0.4, -0.2) is 14.2 Å². The Hall–Kier alpha value is -1.07. The van der Waals surface area contributed by atoms with E-state index in [1.165, 1.54) is 0 Å². The number of benzene rings is 1. The van der Waals surface area contributed by atoms with Crippen LogP contribution in [0.15, 0.2) is 21.4 Å². The third-order valence-electron chi connectivity index (χ3n) is 4.68. The second kappa shape index (κ2) is 4.21. The molecule has 4 nitrogen and oxygen atoms in total. The summed E-state index contributed by atoms with van der Waals surface area (Å²) in [4.78, 5) is 12.0. The Morgan fingerprint density at radius 1 is 1.30 bits per heavy atom. The number of fused-ring (bicyclic) bond motifs is 1. The first-order valence-corrected chi connectivity index (χ1v) is 7.56. The van der Waals surface area contributed by atoms with Gasteiger partial charge in [-0.05, 0) is 35.4 Å². The van der Waals surface area contributed by atoms with E-state index in [1.807, 2.05) is 12.1 Å². The molecule has 1 heterocycles. The second-order valence-corrected chi connectivity index (χ2v) is 7.36. The Balaban J connectivity index is 2.15. The molecule has 0 aliphatic heterocycles. The minimum Gasteiger partial charge on any atom is -0.388 e. The maximum absolute atomic E-state index is 12.0. The van der Waals surface area contributed by atoms with E-state index in [-0.39, 0.29) is 17.0 Å². The fraction of sp³-hybridized carbons (Fsp3) is 0.533. The zero-order valence-corrected chi connectivity index (χ0v) is 13.7. The molecule has 0 spiro atoms. The van der Waals surface area contributed by atoms with Gasteiger partial charge in [0, 0.05) is 18.6 Å². The second-order valence-electron chi connectivity index (χ2n) is 6.51. The normalized spacial score (nSPS) is 22.2. The van der Waals surface area contributed by atoms with Gasteiger partial charge in [0.25, 0.3) is 0 Å². The van der Waals surface area contributed by atoms with E-state index in [9.17, 15) is 9.90 Å². The first kappa shape index (κ1) is 13.9. The van der Waals surface area contributed by atoms with Crippen molar-refractivity contribution in [3.63, 3.8) is 0 Å². The van der Waals surface area contributed by atoms with Crippen LogP contribution >= 0.6 is 15.9 Å². The van der Waals surface area contributed by atoms with Crippen molar-refractivity contribution in [1.29, 1.82) is 0 Å². The van der Waals surface area contributed by atoms with Crippen LogP contribution in [0.25, 0.3) is 11.0 Å². The van der Waals surface area contributed by atoms with Gasteiger partial charge >= 0.3 is 5.69 Å². The van der Waals surface area contributed by atoms with Crippen molar-refractivity contribution in [2.45, 2.75) is 26.4 Å². The third-order valence-corrected chi connectivity index (χ3v) is 5.37. The molecule has 1 fully saturated rings. The van der Waals surface area contributed by atoms with Crippen molar-refractivity contribution in [1.82, 2.24) is 9.13 Å². The molecule has 2 unspecified atom stereocenters. The quantitative estimate of drug-likeness (QED) is 0.915. The summed E-state index contributed by atoms with van der Waals surface area (Å²) in [6.45, 7) is 4.34. The number of nitrogens with zero attached hydrogens (tertiary/aromatic N) is 2. The molecule has 1 aromatic carbocycles. The van der Waals surface area contributed by atoms with Gasteiger partial charge in [-0.15, -0.1) is 0 Å². The summed E-state index contributed by atoms with van der Waals surface area (Å²) in [7, 11) is 3.52. The zero-order valence-electron chi connectivity index (χ0n) is 12.1. The molecule has 1 aromatic heterocycles. The highest BCUT2D eigenvalue weighted by Crippen LogP contribution is 2.58.